The summed E-state index contributed by atoms with van der Waals surface area (Å²) in [7, 11) is 0. The number of H-pyrrole nitrogens is 1. The van der Waals surface area contributed by atoms with Gasteiger partial charge in [-0.15, -0.1) is 0 Å². The molecule has 1 aliphatic carbocycles. The molecule has 2 rings (SSSR count). The molecule has 0 radical (unpaired) electrons. The van der Waals surface area contributed by atoms with Gasteiger partial charge in [0, 0.05) is 12.2 Å². The number of nitrogens with one attached hydrogen (secondary N) is 2. The zero-order valence-electron chi connectivity index (χ0n) is 8.50. The zero-order chi connectivity index (χ0) is 10.2. The Morgan fingerprint density at radius 1 is 1.64 bits per heavy atom. The Bertz CT molecular complexity index is 321. The van der Waals surface area contributed by atoms with Crippen molar-refractivity contribution in [2.45, 2.75) is 32.7 Å². The Morgan fingerprint density at radius 3 is 2.86 bits per heavy atom. The second kappa shape index (κ2) is 3.12. The van der Waals surface area contributed by atoms with Crippen LogP contribution in [0.3, 0.4) is 0 Å². The lowest BCUT2D eigenvalue weighted by molar-refractivity contribution is 0.0803. The summed E-state index contributed by atoms with van der Waals surface area (Å²) in [5, 5.41) is 9.34. The number of rotatable bonds is 2. The van der Waals surface area contributed by atoms with Crippen molar-refractivity contribution in [2.24, 2.45) is 5.41 Å². The van der Waals surface area contributed by atoms with E-state index in [1.54, 1.807) is 12.4 Å². The van der Waals surface area contributed by atoms with Crippen LogP contribution in [0.2, 0.25) is 0 Å². The third-order valence-electron chi connectivity index (χ3n) is 2.69. The van der Waals surface area contributed by atoms with Crippen LogP contribution >= 0.6 is 0 Å². The van der Waals surface area contributed by atoms with Gasteiger partial charge in [0.05, 0.1) is 11.8 Å². The van der Waals surface area contributed by atoms with E-state index in [0.29, 0.717) is 17.0 Å². The minimum atomic E-state index is -0.0285. The molecule has 76 valence electrons. The lowest BCUT2D eigenvalue weighted by Crippen LogP contribution is -2.48. The first-order valence-corrected chi connectivity index (χ1v) is 4.86. The molecular formula is C10H15N3O. The number of hydrogen-bond acceptors (Lipinski definition) is 2. The molecule has 1 aliphatic rings. The molecule has 0 spiro atoms. The first kappa shape index (κ1) is 9.24. The molecule has 1 fully saturated rings. The number of carbonyl (C=O) groups is 1. The third-order valence-corrected chi connectivity index (χ3v) is 2.69. The standard InChI is InChI=1S/C10H15N3O/c1-10(2)3-8(4-10)13-9(14)7-5-11-12-6-7/h5-6,8H,3-4H2,1-2H3,(H,11,12)(H,13,14). The van der Waals surface area contributed by atoms with E-state index < -0.39 is 0 Å². The molecule has 1 amide bonds. The van der Waals surface area contributed by atoms with Crippen LogP contribution in [0.25, 0.3) is 0 Å². The molecule has 1 heterocycles. The Hall–Kier alpha value is -1.32. The third kappa shape index (κ3) is 1.78. The fourth-order valence-corrected chi connectivity index (χ4v) is 2.02. The van der Waals surface area contributed by atoms with Gasteiger partial charge < -0.3 is 5.32 Å². The molecule has 1 aromatic heterocycles. The van der Waals surface area contributed by atoms with E-state index >= 15 is 0 Å². The average Bonchev–Trinajstić information content (AvgIpc) is 2.51. The summed E-state index contributed by atoms with van der Waals surface area (Å²) in [6.45, 7) is 4.43. The van der Waals surface area contributed by atoms with E-state index in [-0.39, 0.29) is 5.91 Å². The lowest BCUT2D eigenvalue weighted by atomic mass is 9.68. The topological polar surface area (TPSA) is 57.8 Å². The maximum absolute atomic E-state index is 11.5. The van der Waals surface area contributed by atoms with E-state index in [4.69, 9.17) is 0 Å². The summed E-state index contributed by atoms with van der Waals surface area (Å²) < 4.78 is 0. The minimum absolute atomic E-state index is 0.0285. The van der Waals surface area contributed by atoms with Crippen LogP contribution in [0.1, 0.15) is 37.0 Å². The molecule has 2 N–H and O–H groups in total. The van der Waals surface area contributed by atoms with E-state index in [1.165, 1.54) is 0 Å². The monoisotopic (exact) mass is 193 g/mol. The number of hydrogen-bond donors (Lipinski definition) is 2. The van der Waals surface area contributed by atoms with Crippen molar-refractivity contribution < 1.29 is 4.79 Å². The van der Waals surface area contributed by atoms with Gasteiger partial charge in [-0.3, -0.25) is 9.89 Å². The number of aromatic amines is 1. The van der Waals surface area contributed by atoms with Crippen molar-refractivity contribution in [3.05, 3.63) is 18.0 Å². The quantitative estimate of drug-likeness (QED) is 0.744. The first-order chi connectivity index (χ1) is 6.57. The molecule has 0 saturated heterocycles. The van der Waals surface area contributed by atoms with Crippen LogP contribution in [-0.2, 0) is 0 Å². The molecule has 4 nitrogen and oxygen atoms in total. The van der Waals surface area contributed by atoms with Gasteiger partial charge in [-0.05, 0) is 18.3 Å². The van der Waals surface area contributed by atoms with Gasteiger partial charge in [-0.25, -0.2) is 0 Å². The van der Waals surface area contributed by atoms with Gasteiger partial charge in [0.25, 0.3) is 5.91 Å². The van der Waals surface area contributed by atoms with Crippen LogP contribution in [0.5, 0.6) is 0 Å². The van der Waals surface area contributed by atoms with E-state index in [9.17, 15) is 4.79 Å². The summed E-state index contributed by atoms with van der Waals surface area (Å²) >= 11 is 0. The maximum atomic E-state index is 11.5. The van der Waals surface area contributed by atoms with Gasteiger partial charge >= 0.3 is 0 Å². The van der Waals surface area contributed by atoms with Crippen molar-refractivity contribution >= 4 is 5.91 Å². The molecule has 0 bridgehead atoms. The van der Waals surface area contributed by atoms with Crippen LogP contribution in [0.15, 0.2) is 12.4 Å². The van der Waals surface area contributed by atoms with Crippen molar-refractivity contribution in [2.75, 3.05) is 0 Å². The fourth-order valence-electron chi connectivity index (χ4n) is 2.02. The molecule has 4 heteroatoms. The van der Waals surface area contributed by atoms with Crippen LogP contribution in [-0.4, -0.2) is 22.1 Å². The normalized spacial score (nSPS) is 20.1. The number of carbonyl (C=O) groups excluding carboxylic acids is 1. The summed E-state index contributed by atoms with van der Waals surface area (Å²) in [6.07, 6.45) is 5.28. The smallest absolute Gasteiger partial charge is 0.254 e. The molecule has 0 unspecified atom stereocenters. The van der Waals surface area contributed by atoms with Crippen molar-refractivity contribution in [3.8, 4) is 0 Å². The van der Waals surface area contributed by atoms with Gasteiger partial charge in [-0.2, -0.15) is 5.10 Å². The highest BCUT2D eigenvalue weighted by atomic mass is 16.1. The predicted octanol–water partition coefficient (Wildman–Crippen LogP) is 1.33. The summed E-state index contributed by atoms with van der Waals surface area (Å²) in [5.74, 6) is -0.0285. The predicted molar refractivity (Wildman–Crippen MR) is 52.9 cm³/mol. The SMILES string of the molecule is CC1(C)CC(NC(=O)c2cn[nH]c2)C1. The summed E-state index contributed by atoms with van der Waals surface area (Å²) in [6, 6.07) is 0.340. The van der Waals surface area contributed by atoms with Crippen molar-refractivity contribution in [3.63, 3.8) is 0 Å². The Kier molecular flexibility index (Phi) is 2.06. The highest BCUT2D eigenvalue weighted by molar-refractivity contribution is 5.93. The zero-order valence-corrected chi connectivity index (χ0v) is 8.50. The number of amides is 1. The Balaban J connectivity index is 1.86. The molecule has 1 saturated carbocycles. The van der Waals surface area contributed by atoms with Gasteiger partial charge in [0.2, 0.25) is 0 Å². The molecule has 0 aromatic carbocycles. The van der Waals surface area contributed by atoms with Crippen molar-refractivity contribution in [1.29, 1.82) is 0 Å². The fraction of sp³-hybridized carbons (Fsp3) is 0.600. The summed E-state index contributed by atoms with van der Waals surface area (Å²) in [5.41, 5.74) is 1.00. The highest BCUT2D eigenvalue weighted by Crippen LogP contribution is 2.39. The van der Waals surface area contributed by atoms with Crippen LogP contribution in [0, 0.1) is 5.41 Å². The van der Waals surface area contributed by atoms with E-state index in [1.807, 2.05) is 0 Å². The van der Waals surface area contributed by atoms with Gasteiger partial charge in [0.15, 0.2) is 0 Å². The second-order valence-corrected chi connectivity index (χ2v) is 4.73. The molecule has 14 heavy (non-hydrogen) atoms. The summed E-state index contributed by atoms with van der Waals surface area (Å²) in [4.78, 5) is 11.5. The molecule has 0 atom stereocenters. The number of nitrogens with zero attached hydrogens (tertiary/aromatic N) is 1. The Morgan fingerprint density at radius 2 is 2.36 bits per heavy atom. The highest BCUT2D eigenvalue weighted by Gasteiger charge is 2.36. The van der Waals surface area contributed by atoms with Gasteiger partial charge in [0.1, 0.15) is 0 Å². The van der Waals surface area contributed by atoms with Crippen molar-refractivity contribution in [1.82, 2.24) is 15.5 Å². The van der Waals surface area contributed by atoms with E-state index in [0.717, 1.165) is 12.8 Å². The largest absolute Gasteiger partial charge is 0.349 e. The maximum Gasteiger partial charge on any atom is 0.254 e. The van der Waals surface area contributed by atoms with E-state index in [2.05, 4.69) is 29.4 Å². The first-order valence-electron chi connectivity index (χ1n) is 4.86. The molecular weight excluding hydrogens is 178 g/mol. The average molecular weight is 193 g/mol. The van der Waals surface area contributed by atoms with Crippen LogP contribution < -0.4 is 5.32 Å². The van der Waals surface area contributed by atoms with Crippen LogP contribution in [0.4, 0.5) is 0 Å². The number of aromatic nitrogens is 2. The minimum Gasteiger partial charge on any atom is -0.349 e. The Labute approximate surface area is 83.1 Å². The lowest BCUT2D eigenvalue weighted by Gasteiger charge is -2.42. The van der Waals surface area contributed by atoms with Gasteiger partial charge in [-0.1, -0.05) is 13.8 Å². The molecule has 0 aliphatic heterocycles. The molecule has 1 aromatic rings. The second-order valence-electron chi connectivity index (χ2n) is 4.73.